The zero-order valence-corrected chi connectivity index (χ0v) is 22.5. The SMILES string of the molecule is COc1cc(CO)cc2c1OC1C2C(C(=O)NCCO)=CC(N(CC2CCCO2)C(=O)CC2CCCC2)C1O. The molecule has 2 aliphatic heterocycles. The third kappa shape index (κ3) is 5.66. The lowest BCUT2D eigenvalue weighted by Gasteiger charge is -2.41. The van der Waals surface area contributed by atoms with Gasteiger partial charge in [0, 0.05) is 37.3 Å². The Morgan fingerprint density at radius 1 is 1.15 bits per heavy atom. The Bertz CT molecular complexity index is 1080. The number of carbonyl (C=O) groups is 2. The number of aliphatic hydroxyl groups is 3. The Balaban J connectivity index is 1.53. The molecule has 214 valence electrons. The highest BCUT2D eigenvalue weighted by molar-refractivity contribution is 5.96. The third-order valence-electron chi connectivity index (χ3n) is 8.54. The summed E-state index contributed by atoms with van der Waals surface area (Å²) in [5.74, 6) is 0.0387. The maximum Gasteiger partial charge on any atom is 0.247 e. The van der Waals surface area contributed by atoms with Crippen molar-refractivity contribution in [2.45, 2.75) is 81.8 Å². The van der Waals surface area contributed by atoms with E-state index in [1.54, 1.807) is 23.1 Å². The molecule has 10 heteroatoms. The molecule has 4 aliphatic rings. The molecule has 0 aromatic heterocycles. The standard InChI is InChI=1S/C29H40N2O8/c1-37-23-12-18(16-33)11-20-25-21(29(36)30-8-9-32)14-22(26(35)28(25)39-27(20)23)31(15-19-7-4-10-38-19)24(34)13-17-5-2-3-6-17/h11-12,14,17,19,22,25-26,28,32-33,35H,2-10,13,15-16H2,1H3,(H,30,36). The van der Waals surface area contributed by atoms with E-state index in [0.29, 0.717) is 53.7 Å². The Morgan fingerprint density at radius 3 is 2.62 bits per heavy atom. The first-order chi connectivity index (χ1) is 18.9. The van der Waals surface area contributed by atoms with Gasteiger partial charge in [0.2, 0.25) is 11.8 Å². The van der Waals surface area contributed by atoms with Gasteiger partial charge in [-0.15, -0.1) is 0 Å². The van der Waals surface area contributed by atoms with Crippen molar-refractivity contribution in [2.24, 2.45) is 5.92 Å². The Morgan fingerprint density at radius 2 is 1.95 bits per heavy atom. The lowest BCUT2D eigenvalue weighted by Crippen LogP contribution is -2.57. The Kier molecular flexibility index (Phi) is 8.76. The number of rotatable bonds is 10. The summed E-state index contributed by atoms with van der Waals surface area (Å²) in [5, 5.41) is 33.7. The van der Waals surface area contributed by atoms with Crippen molar-refractivity contribution in [3.05, 3.63) is 34.9 Å². The summed E-state index contributed by atoms with van der Waals surface area (Å²) in [5.41, 5.74) is 1.58. The van der Waals surface area contributed by atoms with Crippen LogP contribution in [0.4, 0.5) is 0 Å². The molecule has 5 unspecified atom stereocenters. The first-order valence-electron chi connectivity index (χ1n) is 14.1. The minimum atomic E-state index is -1.12. The van der Waals surface area contributed by atoms with Crippen LogP contribution < -0.4 is 14.8 Å². The Labute approximate surface area is 228 Å². The molecule has 1 saturated heterocycles. The smallest absolute Gasteiger partial charge is 0.247 e. The van der Waals surface area contributed by atoms with E-state index in [-0.39, 0.29) is 31.8 Å². The lowest BCUT2D eigenvalue weighted by molar-refractivity contribution is -0.140. The average molecular weight is 545 g/mol. The number of amides is 2. The highest BCUT2D eigenvalue weighted by atomic mass is 16.5. The zero-order chi connectivity index (χ0) is 27.5. The molecule has 2 fully saturated rings. The molecule has 2 amide bonds. The predicted molar refractivity (Wildman–Crippen MR) is 141 cm³/mol. The van der Waals surface area contributed by atoms with Crippen LogP contribution in [0.5, 0.6) is 11.5 Å². The molecule has 5 rings (SSSR count). The van der Waals surface area contributed by atoms with Crippen molar-refractivity contribution in [3.63, 3.8) is 0 Å². The maximum absolute atomic E-state index is 13.8. The first-order valence-corrected chi connectivity index (χ1v) is 14.1. The van der Waals surface area contributed by atoms with Crippen molar-refractivity contribution in [3.8, 4) is 11.5 Å². The number of aliphatic hydroxyl groups excluding tert-OH is 3. The van der Waals surface area contributed by atoms with Gasteiger partial charge >= 0.3 is 0 Å². The fourth-order valence-electron chi connectivity index (χ4n) is 6.60. The van der Waals surface area contributed by atoms with Crippen molar-refractivity contribution < 1.29 is 39.1 Å². The van der Waals surface area contributed by atoms with Crippen LogP contribution in [0.1, 0.15) is 62.0 Å². The second-order valence-corrected chi connectivity index (χ2v) is 11.1. The molecule has 0 radical (unpaired) electrons. The fraction of sp³-hybridized carbons (Fsp3) is 0.655. The van der Waals surface area contributed by atoms with Crippen molar-refractivity contribution in [1.29, 1.82) is 0 Å². The van der Waals surface area contributed by atoms with Gasteiger partial charge in [-0.25, -0.2) is 0 Å². The van der Waals surface area contributed by atoms with E-state index < -0.39 is 30.1 Å². The quantitative estimate of drug-likeness (QED) is 0.347. The van der Waals surface area contributed by atoms with Crippen LogP contribution in [0.3, 0.4) is 0 Å². The van der Waals surface area contributed by atoms with Crippen molar-refractivity contribution in [2.75, 3.05) is 33.4 Å². The Hall–Kier alpha value is -2.66. The number of fused-ring (bicyclic) bond motifs is 3. The van der Waals surface area contributed by atoms with Crippen LogP contribution >= 0.6 is 0 Å². The number of hydrogen-bond acceptors (Lipinski definition) is 8. The van der Waals surface area contributed by atoms with E-state index in [9.17, 15) is 24.9 Å². The number of hydrogen-bond donors (Lipinski definition) is 4. The minimum absolute atomic E-state index is 0.0538. The molecule has 2 aliphatic carbocycles. The number of methoxy groups -OCH3 is 1. The van der Waals surface area contributed by atoms with Gasteiger partial charge in [0.25, 0.3) is 0 Å². The number of ether oxygens (including phenoxy) is 3. The second kappa shape index (κ2) is 12.2. The number of nitrogens with one attached hydrogen (secondary N) is 1. The van der Waals surface area contributed by atoms with Gasteiger partial charge in [0.1, 0.15) is 12.2 Å². The molecule has 5 atom stereocenters. The van der Waals surface area contributed by atoms with Crippen LogP contribution in [0.15, 0.2) is 23.8 Å². The van der Waals surface area contributed by atoms with E-state index in [1.807, 2.05) is 0 Å². The monoisotopic (exact) mass is 544 g/mol. The van der Waals surface area contributed by atoms with Crippen LogP contribution in [0.25, 0.3) is 0 Å². The molecular formula is C29H40N2O8. The average Bonchev–Trinajstić information content (AvgIpc) is 3.72. The van der Waals surface area contributed by atoms with Crippen molar-refractivity contribution >= 4 is 11.8 Å². The summed E-state index contributed by atoms with van der Waals surface area (Å²) in [6, 6.07) is 2.64. The molecule has 0 bridgehead atoms. The second-order valence-electron chi connectivity index (χ2n) is 11.1. The van der Waals surface area contributed by atoms with E-state index in [2.05, 4.69) is 5.32 Å². The predicted octanol–water partition coefficient (Wildman–Crippen LogP) is 1.40. The van der Waals surface area contributed by atoms with Crippen molar-refractivity contribution in [1.82, 2.24) is 10.2 Å². The lowest BCUT2D eigenvalue weighted by atomic mass is 9.77. The summed E-state index contributed by atoms with van der Waals surface area (Å²) in [7, 11) is 1.50. The van der Waals surface area contributed by atoms with Crippen LogP contribution in [-0.4, -0.2) is 89.8 Å². The summed E-state index contributed by atoms with van der Waals surface area (Å²) in [6.45, 7) is 0.586. The molecular weight excluding hydrogens is 504 g/mol. The molecule has 0 spiro atoms. The van der Waals surface area contributed by atoms with Gasteiger partial charge in [-0.2, -0.15) is 0 Å². The summed E-state index contributed by atoms with van der Waals surface area (Å²) >= 11 is 0. The zero-order valence-electron chi connectivity index (χ0n) is 22.5. The summed E-state index contributed by atoms with van der Waals surface area (Å²) < 4.78 is 17.7. The van der Waals surface area contributed by atoms with E-state index in [0.717, 1.165) is 38.5 Å². The molecule has 4 N–H and O–H groups in total. The highest BCUT2D eigenvalue weighted by Crippen LogP contribution is 2.51. The van der Waals surface area contributed by atoms with Crippen LogP contribution in [0, 0.1) is 5.92 Å². The third-order valence-corrected chi connectivity index (χ3v) is 8.54. The van der Waals surface area contributed by atoms with Gasteiger partial charge in [0.05, 0.1) is 38.4 Å². The van der Waals surface area contributed by atoms with E-state index in [1.165, 1.54) is 7.11 Å². The molecule has 2 heterocycles. The number of benzene rings is 1. The first kappa shape index (κ1) is 27.9. The van der Waals surface area contributed by atoms with Crippen LogP contribution in [-0.2, 0) is 20.9 Å². The number of nitrogens with zero attached hydrogens (tertiary/aromatic N) is 1. The van der Waals surface area contributed by atoms with E-state index >= 15 is 0 Å². The number of carbonyl (C=O) groups excluding carboxylic acids is 2. The van der Waals surface area contributed by atoms with Gasteiger partial charge in [-0.3, -0.25) is 9.59 Å². The van der Waals surface area contributed by atoms with E-state index in [4.69, 9.17) is 14.2 Å². The topological polar surface area (TPSA) is 138 Å². The van der Waals surface area contributed by atoms with Gasteiger partial charge in [0.15, 0.2) is 11.5 Å². The normalized spacial score (nSPS) is 27.9. The molecule has 1 aromatic carbocycles. The van der Waals surface area contributed by atoms with Gasteiger partial charge in [-0.05, 0) is 55.4 Å². The molecule has 1 saturated carbocycles. The molecule has 1 aromatic rings. The maximum atomic E-state index is 13.8. The van der Waals surface area contributed by atoms with Gasteiger partial charge in [-0.1, -0.05) is 12.8 Å². The summed E-state index contributed by atoms with van der Waals surface area (Å²) in [6.07, 6.45) is 6.04. The highest BCUT2D eigenvalue weighted by Gasteiger charge is 2.51. The largest absolute Gasteiger partial charge is 0.493 e. The van der Waals surface area contributed by atoms with Crippen LogP contribution in [0.2, 0.25) is 0 Å². The molecule has 10 nitrogen and oxygen atoms in total. The molecule has 39 heavy (non-hydrogen) atoms. The minimum Gasteiger partial charge on any atom is -0.493 e. The fourth-order valence-corrected chi connectivity index (χ4v) is 6.60. The summed E-state index contributed by atoms with van der Waals surface area (Å²) in [4.78, 5) is 28.9. The van der Waals surface area contributed by atoms with Gasteiger partial charge < -0.3 is 39.7 Å².